The molecule has 0 saturated carbocycles. The fraction of sp³-hybridized carbons (Fsp3) is 0.188. The normalized spacial score (nSPS) is 10.3. The molecule has 2 rings (SSSR count). The molecule has 0 bridgehead atoms. The zero-order valence-electron chi connectivity index (χ0n) is 11.1. The van der Waals surface area contributed by atoms with E-state index < -0.39 is 0 Å². The average molecular weight is 289 g/mol. The Morgan fingerprint density at radius 3 is 2.50 bits per heavy atom. The summed E-state index contributed by atoms with van der Waals surface area (Å²) in [6, 6.07) is 14.9. The van der Waals surface area contributed by atoms with Crippen LogP contribution in [0.25, 0.3) is 0 Å². The van der Waals surface area contributed by atoms with Crippen LogP contribution in [0.3, 0.4) is 0 Å². The molecule has 2 aromatic carbocycles. The molecule has 3 nitrogen and oxygen atoms in total. The summed E-state index contributed by atoms with van der Waals surface area (Å²) >= 11 is 5.83. The summed E-state index contributed by atoms with van der Waals surface area (Å²) in [4.78, 5) is 12.2. The molecule has 0 aliphatic rings. The van der Waals surface area contributed by atoms with Crippen molar-refractivity contribution in [2.75, 3.05) is 6.54 Å². The number of benzene rings is 2. The highest BCUT2D eigenvalue weighted by atomic mass is 35.5. The third-order valence-corrected chi connectivity index (χ3v) is 3.29. The maximum absolute atomic E-state index is 12.2. The second kappa shape index (κ2) is 7.08. The Balaban J connectivity index is 2.03. The molecule has 104 valence electrons. The maximum atomic E-state index is 12.2. The molecule has 0 spiro atoms. The van der Waals surface area contributed by atoms with Gasteiger partial charge in [0.2, 0.25) is 0 Å². The summed E-state index contributed by atoms with van der Waals surface area (Å²) in [5.41, 5.74) is 8.24. The van der Waals surface area contributed by atoms with E-state index in [9.17, 15) is 4.79 Å². The molecule has 0 unspecified atom stereocenters. The summed E-state index contributed by atoms with van der Waals surface area (Å²) in [5, 5.41) is 3.60. The predicted molar refractivity (Wildman–Crippen MR) is 81.8 cm³/mol. The largest absolute Gasteiger partial charge is 0.348 e. The topological polar surface area (TPSA) is 55.1 Å². The molecule has 0 aromatic heterocycles. The van der Waals surface area contributed by atoms with Crippen LogP contribution in [0.1, 0.15) is 21.5 Å². The Kier molecular flexibility index (Phi) is 5.16. The van der Waals surface area contributed by atoms with Crippen LogP contribution in [0.5, 0.6) is 0 Å². The van der Waals surface area contributed by atoms with Crippen LogP contribution in [0.4, 0.5) is 0 Å². The van der Waals surface area contributed by atoms with Crippen LogP contribution < -0.4 is 11.1 Å². The molecule has 20 heavy (non-hydrogen) atoms. The van der Waals surface area contributed by atoms with Gasteiger partial charge in [-0.1, -0.05) is 41.9 Å². The lowest BCUT2D eigenvalue weighted by atomic mass is 10.0. The van der Waals surface area contributed by atoms with Gasteiger partial charge in [0.15, 0.2) is 0 Å². The van der Waals surface area contributed by atoms with Crippen molar-refractivity contribution in [3.63, 3.8) is 0 Å². The summed E-state index contributed by atoms with van der Waals surface area (Å²) in [7, 11) is 0. The molecule has 0 saturated heterocycles. The van der Waals surface area contributed by atoms with E-state index in [0.717, 1.165) is 11.1 Å². The van der Waals surface area contributed by atoms with Crippen LogP contribution in [-0.4, -0.2) is 12.5 Å². The number of carbonyl (C=O) groups is 1. The van der Waals surface area contributed by atoms with Crippen molar-refractivity contribution >= 4 is 17.5 Å². The van der Waals surface area contributed by atoms with Crippen LogP contribution >= 0.6 is 11.6 Å². The first kappa shape index (κ1) is 14.6. The highest BCUT2D eigenvalue weighted by Crippen LogP contribution is 2.11. The molecule has 2 aromatic rings. The van der Waals surface area contributed by atoms with Gasteiger partial charge in [-0.15, -0.1) is 0 Å². The molecule has 0 aliphatic heterocycles. The van der Waals surface area contributed by atoms with E-state index in [-0.39, 0.29) is 5.91 Å². The van der Waals surface area contributed by atoms with Gasteiger partial charge in [0.05, 0.1) is 0 Å². The van der Waals surface area contributed by atoms with E-state index in [1.165, 1.54) is 0 Å². The number of nitrogens with one attached hydrogen (secondary N) is 1. The molecular weight excluding hydrogens is 272 g/mol. The molecule has 0 radical (unpaired) electrons. The number of rotatable bonds is 5. The Labute approximate surface area is 123 Å². The summed E-state index contributed by atoms with van der Waals surface area (Å²) in [6.07, 6.45) is 0.699. The second-order valence-electron chi connectivity index (χ2n) is 4.50. The monoisotopic (exact) mass is 288 g/mol. The Morgan fingerprint density at radius 1 is 1.10 bits per heavy atom. The quantitative estimate of drug-likeness (QED) is 0.889. The van der Waals surface area contributed by atoms with Crippen LogP contribution in [-0.2, 0) is 13.0 Å². The molecule has 4 heteroatoms. The number of amides is 1. The lowest BCUT2D eigenvalue weighted by molar-refractivity contribution is 0.0950. The van der Waals surface area contributed by atoms with Gasteiger partial charge in [0.1, 0.15) is 0 Å². The van der Waals surface area contributed by atoms with Gasteiger partial charge in [0, 0.05) is 17.1 Å². The molecular formula is C16H17ClN2O. The standard InChI is InChI=1S/C16H17ClN2O/c17-14-7-5-12(6-8-14)11-19-16(20)15-4-2-1-3-13(15)9-10-18/h1-8H,9-11,18H2,(H,19,20). The van der Waals surface area contributed by atoms with E-state index in [4.69, 9.17) is 17.3 Å². The van der Waals surface area contributed by atoms with E-state index >= 15 is 0 Å². The van der Waals surface area contributed by atoms with Gasteiger partial charge in [-0.2, -0.15) is 0 Å². The van der Waals surface area contributed by atoms with Crippen LogP contribution in [0, 0.1) is 0 Å². The zero-order chi connectivity index (χ0) is 14.4. The van der Waals surface area contributed by atoms with E-state index in [1.54, 1.807) is 0 Å². The van der Waals surface area contributed by atoms with Crippen molar-refractivity contribution in [3.05, 3.63) is 70.2 Å². The van der Waals surface area contributed by atoms with E-state index in [1.807, 2.05) is 48.5 Å². The molecule has 3 N–H and O–H groups in total. The van der Waals surface area contributed by atoms with Gasteiger partial charge < -0.3 is 11.1 Å². The van der Waals surface area contributed by atoms with Gasteiger partial charge in [-0.05, 0) is 42.3 Å². The average Bonchev–Trinajstić information content (AvgIpc) is 2.47. The fourth-order valence-corrected chi connectivity index (χ4v) is 2.12. The lowest BCUT2D eigenvalue weighted by Crippen LogP contribution is -2.24. The molecule has 0 aliphatic carbocycles. The Morgan fingerprint density at radius 2 is 1.80 bits per heavy atom. The smallest absolute Gasteiger partial charge is 0.251 e. The number of carbonyl (C=O) groups excluding carboxylic acids is 1. The minimum atomic E-state index is -0.0796. The van der Waals surface area contributed by atoms with Crippen LogP contribution in [0.15, 0.2) is 48.5 Å². The first-order valence-electron chi connectivity index (χ1n) is 6.51. The molecule has 0 atom stereocenters. The number of halogens is 1. The predicted octanol–water partition coefficient (Wildman–Crippen LogP) is 2.77. The van der Waals surface area contributed by atoms with Gasteiger partial charge in [-0.3, -0.25) is 4.79 Å². The van der Waals surface area contributed by atoms with Crippen LogP contribution in [0.2, 0.25) is 5.02 Å². The minimum Gasteiger partial charge on any atom is -0.348 e. The molecule has 1 amide bonds. The Hall–Kier alpha value is -1.84. The first-order chi connectivity index (χ1) is 9.70. The number of hydrogen-bond acceptors (Lipinski definition) is 2. The SMILES string of the molecule is NCCc1ccccc1C(=O)NCc1ccc(Cl)cc1. The minimum absolute atomic E-state index is 0.0796. The van der Waals surface area contributed by atoms with Gasteiger partial charge >= 0.3 is 0 Å². The van der Waals surface area contributed by atoms with Crippen molar-refractivity contribution in [1.82, 2.24) is 5.32 Å². The van der Waals surface area contributed by atoms with Gasteiger partial charge in [-0.25, -0.2) is 0 Å². The number of hydrogen-bond donors (Lipinski definition) is 2. The van der Waals surface area contributed by atoms with E-state index in [2.05, 4.69) is 5.32 Å². The summed E-state index contributed by atoms with van der Waals surface area (Å²) < 4.78 is 0. The second-order valence-corrected chi connectivity index (χ2v) is 4.94. The van der Waals surface area contributed by atoms with Crippen molar-refractivity contribution in [3.8, 4) is 0 Å². The third-order valence-electron chi connectivity index (χ3n) is 3.04. The highest BCUT2D eigenvalue weighted by Gasteiger charge is 2.09. The van der Waals surface area contributed by atoms with Crippen molar-refractivity contribution in [2.45, 2.75) is 13.0 Å². The maximum Gasteiger partial charge on any atom is 0.251 e. The highest BCUT2D eigenvalue weighted by molar-refractivity contribution is 6.30. The Bertz CT molecular complexity index is 581. The third kappa shape index (κ3) is 3.83. The van der Waals surface area contributed by atoms with Crippen molar-refractivity contribution in [1.29, 1.82) is 0 Å². The number of nitrogens with two attached hydrogens (primary N) is 1. The first-order valence-corrected chi connectivity index (χ1v) is 6.89. The van der Waals surface area contributed by atoms with E-state index in [0.29, 0.717) is 30.1 Å². The molecule has 0 heterocycles. The van der Waals surface area contributed by atoms with Crippen molar-refractivity contribution < 1.29 is 4.79 Å². The summed E-state index contributed by atoms with van der Waals surface area (Å²) in [5.74, 6) is -0.0796. The summed E-state index contributed by atoms with van der Waals surface area (Å²) in [6.45, 7) is 1.01. The molecule has 0 fully saturated rings. The zero-order valence-corrected chi connectivity index (χ0v) is 11.9. The van der Waals surface area contributed by atoms with Gasteiger partial charge in [0.25, 0.3) is 5.91 Å². The lowest BCUT2D eigenvalue weighted by Gasteiger charge is -2.09. The van der Waals surface area contributed by atoms with Crippen molar-refractivity contribution in [2.24, 2.45) is 5.73 Å². The fourth-order valence-electron chi connectivity index (χ4n) is 2.00.